The Balaban J connectivity index is 0.860. The van der Waals surface area contributed by atoms with Crippen molar-refractivity contribution < 1.29 is 54.6 Å². The lowest BCUT2D eigenvalue weighted by atomic mass is 10.0. The third kappa shape index (κ3) is 13.7. The van der Waals surface area contributed by atoms with Gasteiger partial charge in [0.1, 0.15) is 46.5 Å². The molecule has 4 amide bonds. The monoisotopic (exact) mass is 1160 g/mol. The summed E-state index contributed by atoms with van der Waals surface area (Å²) in [5.41, 5.74) is 2.79. The molecule has 0 saturated carbocycles. The van der Waals surface area contributed by atoms with Gasteiger partial charge in [0.15, 0.2) is 0 Å². The van der Waals surface area contributed by atoms with Gasteiger partial charge < -0.3 is 30.1 Å². The van der Waals surface area contributed by atoms with E-state index in [1.165, 1.54) is 34.1 Å². The molecule has 2 atom stereocenters. The molecule has 84 heavy (non-hydrogen) atoms. The number of para-hydroxylation sites is 4. The molecule has 0 aliphatic carbocycles. The van der Waals surface area contributed by atoms with Crippen molar-refractivity contribution in [1.82, 2.24) is 20.6 Å². The van der Waals surface area contributed by atoms with Crippen LogP contribution in [-0.2, 0) is 29.8 Å². The summed E-state index contributed by atoms with van der Waals surface area (Å²) in [5.74, 6) is -0.199. The van der Waals surface area contributed by atoms with Crippen LogP contribution < -0.4 is 29.9 Å². The molecule has 426 valence electrons. The first kappa shape index (κ1) is 57.4. The normalized spacial score (nSPS) is 12.3. The van der Waals surface area contributed by atoms with Crippen molar-refractivity contribution in [2.24, 2.45) is 0 Å². The summed E-state index contributed by atoms with van der Waals surface area (Å²) in [5, 5.41) is 7.51. The van der Waals surface area contributed by atoms with Gasteiger partial charge in [-0.25, -0.2) is 0 Å². The number of rotatable bonds is 23. The Morgan fingerprint density at radius 1 is 0.417 bits per heavy atom. The van der Waals surface area contributed by atoms with Crippen molar-refractivity contribution in [1.29, 1.82) is 0 Å². The molecule has 0 spiro atoms. The summed E-state index contributed by atoms with van der Waals surface area (Å²) in [6.45, 7) is 0.362. The summed E-state index contributed by atoms with van der Waals surface area (Å²) >= 11 is 0. The van der Waals surface area contributed by atoms with Crippen LogP contribution in [0.25, 0.3) is 21.8 Å². The molecule has 0 saturated heterocycles. The Bertz CT molecular complexity index is 3840. The van der Waals surface area contributed by atoms with Crippen LogP contribution in [0.3, 0.4) is 0 Å². The minimum absolute atomic E-state index is 0.157. The van der Waals surface area contributed by atoms with Gasteiger partial charge in [-0.15, -0.1) is 0 Å². The zero-order valence-electron chi connectivity index (χ0n) is 44.9. The number of amides is 4. The summed E-state index contributed by atoms with van der Waals surface area (Å²) < 4.78 is 80.2. The fourth-order valence-corrected chi connectivity index (χ4v) is 10.7. The third-order valence-corrected chi connectivity index (χ3v) is 15.6. The van der Waals surface area contributed by atoms with Crippen LogP contribution in [-0.4, -0.2) is 72.6 Å². The van der Waals surface area contributed by atoms with Gasteiger partial charge in [-0.1, -0.05) is 110 Å². The molecule has 10 rings (SSSR count). The highest BCUT2D eigenvalue weighted by atomic mass is 32.2. The van der Waals surface area contributed by atoms with Gasteiger partial charge in [-0.2, -0.15) is 16.8 Å². The lowest BCUT2D eigenvalue weighted by Gasteiger charge is -2.31. The van der Waals surface area contributed by atoms with Crippen LogP contribution in [0.4, 0.5) is 11.4 Å². The van der Waals surface area contributed by atoms with Crippen LogP contribution >= 0.6 is 0 Å². The van der Waals surface area contributed by atoms with Gasteiger partial charge in [0.2, 0.25) is 11.8 Å². The molecule has 20 heteroatoms. The molecule has 0 bridgehead atoms. The average molecular weight is 1170 g/mol. The van der Waals surface area contributed by atoms with Crippen LogP contribution in [0.1, 0.15) is 69.9 Å². The minimum atomic E-state index is -4.61. The molecule has 2 unspecified atom stereocenters. The first-order valence-corrected chi connectivity index (χ1v) is 29.6. The third-order valence-electron chi connectivity index (χ3n) is 13.8. The molecule has 18 nitrogen and oxygen atoms in total. The Morgan fingerprint density at radius 3 is 1.10 bits per heavy atom. The van der Waals surface area contributed by atoms with Crippen LogP contribution in [0, 0.1) is 0 Å². The van der Waals surface area contributed by atoms with Crippen LogP contribution in [0.2, 0.25) is 0 Å². The molecular weight excluding hydrogens is 1110 g/mol. The first-order chi connectivity index (χ1) is 40.6. The first-order valence-electron chi connectivity index (χ1n) is 26.8. The number of anilines is 2. The zero-order valence-corrected chi connectivity index (χ0v) is 46.5. The molecule has 2 heterocycles. The predicted molar refractivity (Wildman–Crippen MR) is 319 cm³/mol. The van der Waals surface area contributed by atoms with E-state index in [1.54, 1.807) is 84.9 Å². The van der Waals surface area contributed by atoms with E-state index in [0.29, 0.717) is 70.8 Å². The smallest absolute Gasteiger partial charge is 0.294 e. The van der Waals surface area contributed by atoms with E-state index >= 15 is 0 Å². The maximum Gasteiger partial charge on any atom is 0.294 e. The van der Waals surface area contributed by atoms with Crippen molar-refractivity contribution >= 4 is 77.0 Å². The maximum absolute atomic E-state index is 14.9. The Labute approximate surface area is 484 Å². The average Bonchev–Trinajstić information content (AvgIpc) is 2.29. The number of carbonyl (C=O) groups excluding carboxylic acids is 4. The van der Waals surface area contributed by atoms with E-state index < -0.39 is 65.7 Å². The number of benzene rings is 8. The van der Waals surface area contributed by atoms with Crippen molar-refractivity contribution in [3.63, 3.8) is 0 Å². The molecule has 0 fully saturated rings. The lowest BCUT2D eigenvalue weighted by molar-refractivity contribution is -0.123. The van der Waals surface area contributed by atoms with Crippen LogP contribution in [0.5, 0.6) is 23.0 Å². The van der Waals surface area contributed by atoms with Gasteiger partial charge in [0, 0.05) is 46.3 Å². The fraction of sp³-hybridized carbons (Fsp3) is 0.125. The predicted octanol–water partition coefficient (Wildman–Crippen LogP) is 12.0. The molecular formula is C64H56N6O12S2. The van der Waals surface area contributed by atoms with Gasteiger partial charge in [0.25, 0.3) is 32.1 Å². The second kappa shape index (κ2) is 25.5. The maximum atomic E-state index is 14.9. The highest BCUT2D eigenvalue weighted by molar-refractivity contribution is 7.86. The van der Waals surface area contributed by atoms with E-state index in [2.05, 4.69) is 20.6 Å². The number of hydrogen-bond acceptors (Lipinski definition) is 10. The van der Waals surface area contributed by atoms with Crippen molar-refractivity contribution in [2.45, 2.75) is 47.6 Å². The minimum Gasteiger partial charge on any atom is -0.457 e. The van der Waals surface area contributed by atoms with Crippen molar-refractivity contribution in [3.05, 3.63) is 241 Å². The summed E-state index contributed by atoms with van der Waals surface area (Å²) in [6, 6.07) is 56.9. The highest BCUT2D eigenvalue weighted by Gasteiger charge is 2.36. The number of nitrogens with one attached hydrogen (secondary N) is 4. The number of hydrogen-bond donors (Lipinski definition) is 6. The van der Waals surface area contributed by atoms with Gasteiger partial charge in [-0.05, 0) is 145 Å². The number of H-pyrrole nitrogens is 2. The van der Waals surface area contributed by atoms with Crippen LogP contribution in [0.15, 0.2) is 228 Å². The fourth-order valence-electron chi connectivity index (χ4n) is 9.70. The SMILES string of the molecule is O=C(NCCCCCCNC(=O)C(c1ccc(Oc2ccccc2)cc1)N(C(=O)c1cc2ccccc2[nH]1)c1ccc(S(=O)(=O)O)cc1)C(c1ccc(Oc2ccccc2)cc1)N(C(=O)c1cc2ccccc2[nH]1)c1ccc(S(=O)(=O)O)cc1. The number of aromatic amines is 2. The molecule has 0 aliphatic rings. The quantitative estimate of drug-likeness (QED) is 0.0258. The van der Waals surface area contributed by atoms with E-state index in [9.17, 15) is 45.1 Å². The molecule has 6 N–H and O–H groups in total. The second-order valence-corrected chi connectivity index (χ2v) is 22.4. The number of ether oxygens (including phenoxy) is 2. The number of fused-ring (bicyclic) bond motifs is 2. The number of carbonyl (C=O) groups is 4. The topological polar surface area (TPSA) is 258 Å². The molecule has 8 aromatic carbocycles. The Hall–Kier alpha value is -9.86. The number of nitrogens with zero attached hydrogens (tertiary/aromatic N) is 2. The zero-order chi connectivity index (χ0) is 58.8. The summed E-state index contributed by atoms with van der Waals surface area (Å²) in [6.07, 6.45) is 2.17. The summed E-state index contributed by atoms with van der Waals surface area (Å²) in [7, 11) is -9.22. The molecule has 0 aliphatic heterocycles. The van der Waals surface area contributed by atoms with E-state index in [-0.39, 0.29) is 35.9 Å². The van der Waals surface area contributed by atoms with E-state index in [1.807, 2.05) is 84.9 Å². The molecule has 0 radical (unpaired) electrons. The van der Waals surface area contributed by atoms with E-state index in [0.717, 1.165) is 35.0 Å². The van der Waals surface area contributed by atoms with Gasteiger partial charge >= 0.3 is 0 Å². The van der Waals surface area contributed by atoms with Crippen molar-refractivity contribution in [3.8, 4) is 23.0 Å². The molecule has 2 aromatic heterocycles. The Morgan fingerprint density at radius 2 is 0.750 bits per heavy atom. The summed E-state index contributed by atoms with van der Waals surface area (Å²) in [4.78, 5) is 67.3. The Kier molecular flexibility index (Phi) is 17.4. The number of unbranched alkanes of at least 4 members (excludes halogenated alkanes) is 3. The van der Waals surface area contributed by atoms with Gasteiger partial charge in [0.05, 0.1) is 9.79 Å². The lowest BCUT2D eigenvalue weighted by Crippen LogP contribution is -2.44. The van der Waals surface area contributed by atoms with Gasteiger partial charge in [-0.3, -0.25) is 38.1 Å². The highest BCUT2D eigenvalue weighted by Crippen LogP contribution is 2.36. The largest absolute Gasteiger partial charge is 0.457 e. The standard InChI is InChI=1S/C64H56N6O12S2/c71-61(59(43-23-31-51(32-24-43)81-49-17-5-3-6-18-49)69(47-27-35-53(36-28-47)83(75,76)77)63(73)57-41-45-15-9-11-21-55(45)67-57)65-39-13-1-2-14-40-66-62(72)60(44-25-33-52(34-26-44)82-50-19-7-4-8-20-50)70(48-29-37-54(38-30-48)84(78,79)80)64(74)58-42-46-16-10-12-22-56(46)68-58/h3-12,15-38,41-42,59-60,67-68H,1-2,13-14,39-40H2,(H,65,71)(H,66,72)(H,75,76,77)(H,78,79,80). The van der Waals surface area contributed by atoms with Crippen molar-refractivity contribution in [2.75, 3.05) is 22.9 Å². The van der Waals surface area contributed by atoms with E-state index in [4.69, 9.17) is 9.47 Å². The molecule has 10 aromatic rings. The number of aromatic nitrogens is 2. The second-order valence-electron chi connectivity index (χ2n) is 19.6.